The van der Waals surface area contributed by atoms with Crippen LogP contribution in [0.1, 0.15) is 5.56 Å². The molecule has 2 N–H and O–H groups in total. The smallest absolute Gasteiger partial charge is 0.408 e. The van der Waals surface area contributed by atoms with Crippen molar-refractivity contribution in [2.75, 3.05) is 5.32 Å². The van der Waals surface area contributed by atoms with Gasteiger partial charge in [-0.1, -0.05) is 12.1 Å². The molecule has 2 aromatic carbocycles. The zero-order valence-electron chi connectivity index (χ0n) is 12.2. The van der Waals surface area contributed by atoms with Crippen molar-refractivity contribution in [2.24, 2.45) is 0 Å². The maximum atomic E-state index is 11.9. The summed E-state index contributed by atoms with van der Waals surface area (Å²) in [6, 6.07) is 10.8. The van der Waals surface area contributed by atoms with Crippen LogP contribution in [0.3, 0.4) is 0 Å². The van der Waals surface area contributed by atoms with Gasteiger partial charge in [0.15, 0.2) is 5.58 Å². The molecule has 0 atom stereocenters. The fourth-order valence-corrected chi connectivity index (χ4v) is 2.17. The van der Waals surface area contributed by atoms with E-state index in [0.717, 1.165) is 0 Å². The summed E-state index contributed by atoms with van der Waals surface area (Å²) in [4.78, 5) is 35.9. The molecular formula is C16H11N3O5. The first-order chi connectivity index (χ1) is 11.5. The van der Waals surface area contributed by atoms with E-state index in [0.29, 0.717) is 22.4 Å². The predicted molar refractivity (Wildman–Crippen MR) is 87.6 cm³/mol. The Morgan fingerprint density at radius 3 is 2.83 bits per heavy atom. The number of nitrogens with zero attached hydrogens (tertiary/aromatic N) is 1. The Balaban J connectivity index is 1.77. The van der Waals surface area contributed by atoms with E-state index in [9.17, 15) is 19.7 Å². The molecule has 0 fully saturated rings. The molecule has 0 unspecified atom stereocenters. The summed E-state index contributed by atoms with van der Waals surface area (Å²) < 4.78 is 4.87. The summed E-state index contributed by atoms with van der Waals surface area (Å²) in [5.74, 6) is -1.04. The number of aromatic nitrogens is 1. The second kappa shape index (κ2) is 6.21. The van der Waals surface area contributed by atoms with Crippen LogP contribution >= 0.6 is 0 Å². The van der Waals surface area contributed by atoms with Crippen LogP contribution in [-0.4, -0.2) is 15.8 Å². The summed E-state index contributed by atoms with van der Waals surface area (Å²) in [5.41, 5.74) is 1.54. The monoisotopic (exact) mass is 325 g/mol. The number of oxazole rings is 1. The number of carbonyl (C=O) groups is 1. The highest BCUT2D eigenvalue weighted by atomic mass is 16.6. The Hall–Kier alpha value is -3.68. The highest BCUT2D eigenvalue weighted by Crippen LogP contribution is 2.19. The molecule has 1 aromatic heterocycles. The van der Waals surface area contributed by atoms with E-state index in [4.69, 9.17) is 4.42 Å². The minimum Gasteiger partial charge on any atom is -0.408 e. The van der Waals surface area contributed by atoms with Crippen molar-refractivity contribution in [3.05, 3.63) is 74.8 Å². The Kier molecular flexibility index (Phi) is 3.94. The van der Waals surface area contributed by atoms with E-state index in [1.807, 2.05) is 0 Å². The van der Waals surface area contributed by atoms with Crippen molar-refractivity contribution in [1.82, 2.24) is 4.98 Å². The number of rotatable bonds is 4. The molecule has 24 heavy (non-hydrogen) atoms. The van der Waals surface area contributed by atoms with Crippen molar-refractivity contribution in [2.45, 2.75) is 0 Å². The third-order valence-electron chi connectivity index (χ3n) is 3.23. The zero-order chi connectivity index (χ0) is 17.1. The van der Waals surface area contributed by atoms with Crippen LogP contribution in [0.4, 0.5) is 11.4 Å². The Morgan fingerprint density at radius 2 is 2.04 bits per heavy atom. The third-order valence-corrected chi connectivity index (χ3v) is 3.23. The van der Waals surface area contributed by atoms with E-state index in [-0.39, 0.29) is 5.69 Å². The van der Waals surface area contributed by atoms with Crippen molar-refractivity contribution in [3.63, 3.8) is 0 Å². The van der Waals surface area contributed by atoms with Crippen molar-refractivity contribution >= 4 is 34.5 Å². The normalized spacial score (nSPS) is 11.0. The number of hydrogen-bond donors (Lipinski definition) is 2. The molecule has 0 radical (unpaired) electrons. The average molecular weight is 325 g/mol. The standard InChI is InChI=1S/C16H11N3O5/c20-15(8-5-10-3-1-2-4-13(10)19(22)23)17-11-6-7-14-12(9-11)18-16(21)24-14/h1-9H,(H,17,20)(H,18,21)/b8-5+. The van der Waals surface area contributed by atoms with Crippen molar-refractivity contribution in [3.8, 4) is 0 Å². The summed E-state index contributed by atoms with van der Waals surface area (Å²) in [5, 5.41) is 13.5. The number of benzene rings is 2. The topological polar surface area (TPSA) is 118 Å². The van der Waals surface area contributed by atoms with Crippen LogP contribution in [0.5, 0.6) is 0 Å². The van der Waals surface area contributed by atoms with E-state index < -0.39 is 16.6 Å². The lowest BCUT2D eigenvalue weighted by atomic mass is 10.1. The van der Waals surface area contributed by atoms with Gasteiger partial charge in [0.05, 0.1) is 16.0 Å². The number of hydrogen-bond acceptors (Lipinski definition) is 5. The molecule has 0 saturated heterocycles. The van der Waals surface area contributed by atoms with Crippen LogP contribution in [0, 0.1) is 10.1 Å². The van der Waals surface area contributed by atoms with Gasteiger partial charge in [-0.2, -0.15) is 0 Å². The summed E-state index contributed by atoms with van der Waals surface area (Å²) in [6.45, 7) is 0. The number of fused-ring (bicyclic) bond motifs is 1. The molecule has 8 nitrogen and oxygen atoms in total. The van der Waals surface area contributed by atoms with E-state index in [2.05, 4.69) is 10.3 Å². The Labute approximate surface area is 134 Å². The van der Waals surface area contributed by atoms with Gasteiger partial charge in [-0.25, -0.2) is 4.79 Å². The first-order valence-corrected chi connectivity index (χ1v) is 6.88. The molecule has 8 heteroatoms. The lowest BCUT2D eigenvalue weighted by Crippen LogP contribution is -2.07. The van der Waals surface area contributed by atoms with Gasteiger partial charge < -0.3 is 9.73 Å². The number of H-pyrrole nitrogens is 1. The second-order valence-electron chi connectivity index (χ2n) is 4.86. The molecule has 0 aliphatic heterocycles. The van der Waals surface area contributed by atoms with E-state index >= 15 is 0 Å². The Morgan fingerprint density at radius 1 is 1.25 bits per heavy atom. The van der Waals surface area contributed by atoms with Gasteiger partial charge in [0.2, 0.25) is 5.91 Å². The zero-order valence-corrected chi connectivity index (χ0v) is 12.2. The van der Waals surface area contributed by atoms with Gasteiger partial charge in [0.1, 0.15) is 0 Å². The number of nitrogens with one attached hydrogen (secondary N) is 2. The van der Waals surface area contributed by atoms with Crippen molar-refractivity contribution in [1.29, 1.82) is 0 Å². The highest BCUT2D eigenvalue weighted by Gasteiger charge is 2.10. The third kappa shape index (κ3) is 3.22. The van der Waals surface area contributed by atoms with Crippen LogP contribution in [0.2, 0.25) is 0 Å². The molecule has 120 valence electrons. The second-order valence-corrected chi connectivity index (χ2v) is 4.86. The molecule has 0 saturated carbocycles. The minimum absolute atomic E-state index is 0.0843. The lowest BCUT2D eigenvalue weighted by Gasteiger charge is -2.01. The summed E-state index contributed by atoms with van der Waals surface area (Å²) >= 11 is 0. The summed E-state index contributed by atoms with van der Waals surface area (Å²) in [7, 11) is 0. The van der Waals surface area contributed by atoms with Gasteiger partial charge in [-0.05, 0) is 30.3 Å². The number of anilines is 1. The maximum absolute atomic E-state index is 11.9. The van der Waals surface area contributed by atoms with Gasteiger partial charge in [0, 0.05) is 17.8 Å². The fraction of sp³-hybridized carbons (Fsp3) is 0. The van der Waals surface area contributed by atoms with E-state index in [1.165, 1.54) is 18.2 Å². The lowest BCUT2D eigenvalue weighted by molar-refractivity contribution is -0.385. The maximum Gasteiger partial charge on any atom is 0.417 e. The summed E-state index contributed by atoms with van der Waals surface area (Å²) in [6.07, 6.45) is 2.57. The first kappa shape index (κ1) is 15.2. The molecule has 0 bridgehead atoms. The largest absolute Gasteiger partial charge is 0.417 e. The van der Waals surface area contributed by atoms with Crippen LogP contribution < -0.4 is 11.1 Å². The molecule has 0 spiro atoms. The Bertz CT molecular complexity index is 1020. The van der Waals surface area contributed by atoms with Gasteiger partial charge >= 0.3 is 5.76 Å². The van der Waals surface area contributed by atoms with Crippen LogP contribution in [0.15, 0.2) is 57.8 Å². The van der Waals surface area contributed by atoms with Gasteiger partial charge in [0.25, 0.3) is 5.69 Å². The number of amides is 1. The quantitative estimate of drug-likeness (QED) is 0.434. The molecule has 0 aliphatic rings. The van der Waals surface area contributed by atoms with E-state index in [1.54, 1.807) is 36.4 Å². The molecule has 0 aliphatic carbocycles. The number of nitro benzene ring substituents is 1. The number of aromatic amines is 1. The number of nitro groups is 1. The predicted octanol–water partition coefficient (Wildman–Crippen LogP) is 2.68. The molecule has 1 heterocycles. The highest BCUT2D eigenvalue weighted by molar-refractivity contribution is 6.02. The van der Waals surface area contributed by atoms with Crippen molar-refractivity contribution < 1.29 is 14.1 Å². The number of carbonyl (C=O) groups excluding carboxylic acids is 1. The van der Waals surface area contributed by atoms with Crippen LogP contribution in [-0.2, 0) is 4.79 Å². The van der Waals surface area contributed by atoms with Gasteiger partial charge in [-0.15, -0.1) is 0 Å². The SMILES string of the molecule is O=C(/C=C/c1ccccc1[N+](=O)[O-])Nc1ccc2oc(=O)[nH]c2c1. The fourth-order valence-electron chi connectivity index (χ4n) is 2.17. The molecule has 3 aromatic rings. The minimum atomic E-state index is -0.579. The number of para-hydroxylation sites is 1. The first-order valence-electron chi connectivity index (χ1n) is 6.88. The van der Waals surface area contributed by atoms with Gasteiger partial charge in [-0.3, -0.25) is 19.9 Å². The molecule has 1 amide bonds. The molecular weight excluding hydrogens is 314 g/mol. The molecule has 3 rings (SSSR count). The van der Waals surface area contributed by atoms with Crippen LogP contribution in [0.25, 0.3) is 17.2 Å². The average Bonchev–Trinajstić information content (AvgIpc) is 2.92.